The van der Waals surface area contributed by atoms with Crippen molar-refractivity contribution in [3.8, 4) is 0 Å². The highest BCUT2D eigenvalue weighted by molar-refractivity contribution is 14.1. The second-order valence-corrected chi connectivity index (χ2v) is 5.20. The molecule has 0 radical (unpaired) electrons. The fourth-order valence-corrected chi connectivity index (χ4v) is 1.14. The van der Waals surface area contributed by atoms with Crippen LogP contribution in [0.3, 0.4) is 0 Å². The molecule has 1 unspecified atom stereocenters. The topological polar surface area (TPSA) is 0 Å². The number of halogens is 12. The zero-order valence-corrected chi connectivity index (χ0v) is 10.8. The van der Waals surface area contributed by atoms with E-state index < -0.39 is 49.1 Å². The van der Waals surface area contributed by atoms with Crippen molar-refractivity contribution in [3.05, 3.63) is 0 Å². The molecular weight excluding hydrogens is 457 g/mol. The summed E-state index contributed by atoms with van der Waals surface area (Å²) in [6.45, 7) is 0. The van der Waals surface area contributed by atoms with E-state index in [1.807, 2.05) is 0 Å². The molecule has 0 saturated heterocycles. The van der Waals surface area contributed by atoms with E-state index in [9.17, 15) is 43.9 Å². The predicted molar refractivity (Wildman–Crippen MR) is 47.7 cm³/mol. The second-order valence-electron chi connectivity index (χ2n) is 2.72. The van der Waals surface area contributed by atoms with Crippen LogP contribution in [0.2, 0.25) is 0 Å². The molecule has 0 aliphatic heterocycles. The van der Waals surface area contributed by atoms with E-state index in [2.05, 4.69) is 0 Å². The van der Waals surface area contributed by atoms with Gasteiger partial charge >= 0.3 is 26.5 Å². The van der Waals surface area contributed by atoms with Gasteiger partial charge in [0, 0.05) is 0 Å². The smallest absolute Gasteiger partial charge is 0.217 e. The molecule has 0 aromatic rings. The van der Waals surface area contributed by atoms with Gasteiger partial charge in [-0.05, 0) is 38.5 Å². The molecule has 0 nitrogen and oxygen atoms in total. The van der Waals surface area contributed by atoms with Gasteiger partial charge in [0.15, 0.2) is 0 Å². The number of alkyl halides is 12. The quantitative estimate of drug-likeness (QED) is 0.322. The molecule has 12 heteroatoms. The van der Waals surface area contributed by atoms with Crippen molar-refractivity contribution in [2.75, 3.05) is 0 Å². The van der Waals surface area contributed by atoms with Crippen LogP contribution in [0.5, 0.6) is 0 Å². The first-order chi connectivity index (χ1) is 7.00. The summed E-state index contributed by atoms with van der Waals surface area (Å²) >= 11 is 0.495. The van der Waals surface area contributed by atoms with Gasteiger partial charge in [-0.2, -0.15) is 39.5 Å². The van der Waals surface area contributed by atoms with Gasteiger partial charge in [0.1, 0.15) is 0 Å². The van der Waals surface area contributed by atoms with E-state index in [-0.39, 0.29) is 0 Å². The summed E-state index contributed by atoms with van der Waals surface area (Å²) in [5.74, 6) is -13.6. The first-order valence-electron chi connectivity index (χ1n) is 3.27. The molecule has 17 heavy (non-hydrogen) atoms. The van der Waals surface area contributed by atoms with Crippen LogP contribution in [0.1, 0.15) is 0 Å². The van der Waals surface area contributed by atoms with E-state index in [0.717, 1.165) is 15.9 Å². The van der Waals surface area contributed by atoms with E-state index in [0.29, 0.717) is 0 Å². The van der Waals surface area contributed by atoms with Crippen molar-refractivity contribution in [1.29, 1.82) is 0 Å². The maximum atomic E-state index is 12.9. The molecule has 0 saturated carbocycles. The summed E-state index contributed by atoms with van der Waals surface area (Å²) in [4.78, 5) is -5.29. The largest absolute Gasteiger partial charge is 0.460 e. The molecule has 0 fully saturated rings. The van der Waals surface area contributed by atoms with Crippen molar-refractivity contribution in [2.24, 2.45) is 0 Å². The molecule has 0 bridgehead atoms. The van der Waals surface area contributed by atoms with Crippen LogP contribution in [0.4, 0.5) is 43.9 Å². The highest BCUT2D eigenvalue weighted by Gasteiger charge is 2.84. The van der Waals surface area contributed by atoms with Crippen LogP contribution in [0.15, 0.2) is 0 Å². The van der Waals surface area contributed by atoms with Crippen molar-refractivity contribution in [2.45, 2.75) is 26.5 Å². The van der Waals surface area contributed by atoms with Crippen LogP contribution < -0.4 is 0 Å². The zero-order valence-electron chi connectivity index (χ0n) is 7.04. The van der Waals surface area contributed by atoms with E-state index >= 15 is 0 Å². The second kappa shape index (κ2) is 4.27. The Balaban J connectivity index is 5.73. The molecule has 0 amide bonds. The van der Waals surface area contributed by atoms with Crippen molar-refractivity contribution < 1.29 is 43.9 Å². The molecule has 104 valence electrons. The number of rotatable bonds is 3. The van der Waals surface area contributed by atoms with Crippen LogP contribution in [0.25, 0.3) is 0 Å². The molecule has 1 atom stereocenters. The first-order valence-corrected chi connectivity index (χ1v) is 5.14. The predicted octanol–water partition coefficient (Wildman–Crippen LogP) is 4.91. The molecule has 0 rings (SSSR count). The van der Waals surface area contributed by atoms with Gasteiger partial charge in [0.25, 0.3) is 0 Å². The maximum absolute atomic E-state index is 12.9. The maximum Gasteiger partial charge on any atom is 0.460 e. The number of hydrogen-bond donors (Lipinski definition) is 0. The Kier molecular flexibility index (Phi) is 4.39. The lowest BCUT2D eigenvalue weighted by molar-refractivity contribution is -0.375. The van der Waals surface area contributed by atoms with Gasteiger partial charge in [0.2, 0.25) is 0 Å². The van der Waals surface area contributed by atoms with Crippen LogP contribution in [0, 0.1) is 0 Å². The number of hydrogen-bond acceptors (Lipinski definition) is 0. The SMILES string of the molecule is FC(F)(F)C(F)(F)C(F)(F)C(F)(I)C(F)(F)Br. The summed E-state index contributed by atoms with van der Waals surface area (Å²) < 4.78 is 116. The van der Waals surface area contributed by atoms with Gasteiger partial charge < -0.3 is 0 Å². The summed E-state index contributed by atoms with van der Waals surface area (Å²) in [5.41, 5.74) is 0. The van der Waals surface area contributed by atoms with Crippen molar-refractivity contribution in [3.63, 3.8) is 0 Å². The third-order valence-electron chi connectivity index (χ3n) is 1.50. The summed E-state index contributed by atoms with van der Waals surface area (Å²) in [5, 5.41) is 0. The van der Waals surface area contributed by atoms with Gasteiger partial charge in [-0.15, -0.1) is 0 Å². The third-order valence-corrected chi connectivity index (χ3v) is 4.14. The van der Waals surface area contributed by atoms with Crippen LogP contribution in [-0.4, -0.2) is 26.5 Å². The van der Waals surface area contributed by atoms with Crippen molar-refractivity contribution in [1.82, 2.24) is 0 Å². The highest BCUT2D eigenvalue weighted by Crippen LogP contribution is 2.60. The summed E-state index contributed by atoms with van der Waals surface area (Å²) in [6.07, 6.45) is -6.88. The van der Waals surface area contributed by atoms with Gasteiger partial charge in [-0.25, -0.2) is 4.39 Å². The Morgan fingerprint density at radius 2 is 0.941 bits per heavy atom. The molecular formula is C5BrF10I. The molecule has 0 N–H and O–H groups in total. The average molecular weight is 457 g/mol. The minimum absolute atomic E-state index is 0.503. The first kappa shape index (κ1) is 17.5. The fraction of sp³-hybridized carbons (Fsp3) is 1.00. The highest BCUT2D eigenvalue weighted by atomic mass is 127. The Hall–Kier alpha value is 0.510. The average Bonchev–Trinajstić information content (AvgIpc) is 1.98. The lowest BCUT2D eigenvalue weighted by atomic mass is 10.1. The Morgan fingerprint density at radius 1 is 0.647 bits per heavy atom. The minimum atomic E-state index is -6.95. The monoisotopic (exact) mass is 456 g/mol. The summed E-state index contributed by atoms with van der Waals surface area (Å²) in [7, 11) is 0. The van der Waals surface area contributed by atoms with E-state index in [1.165, 1.54) is 0 Å². The van der Waals surface area contributed by atoms with E-state index in [4.69, 9.17) is 0 Å². The van der Waals surface area contributed by atoms with Gasteiger partial charge in [-0.1, -0.05) is 0 Å². The summed E-state index contributed by atoms with van der Waals surface area (Å²) in [6, 6.07) is 0. The Labute approximate surface area is 109 Å². The zero-order chi connectivity index (χ0) is 14.5. The molecule has 0 heterocycles. The van der Waals surface area contributed by atoms with Gasteiger partial charge in [0.05, 0.1) is 0 Å². The van der Waals surface area contributed by atoms with Crippen molar-refractivity contribution >= 4 is 38.5 Å². The molecule has 0 aliphatic carbocycles. The lowest BCUT2D eigenvalue weighted by Gasteiger charge is -2.36. The standard InChI is InChI=1S/C5BrF10I/c6-4(12,13)3(11,17)1(7,8)2(9,10)5(14,15)16. The van der Waals surface area contributed by atoms with Crippen LogP contribution >= 0.6 is 38.5 Å². The molecule has 0 aliphatic rings. The Morgan fingerprint density at radius 3 is 1.12 bits per heavy atom. The third kappa shape index (κ3) is 2.61. The van der Waals surface area contributed by atoms with Gasteiger partial charge in [-0.3, -0.25) is 0 Å². The van der Waals surface area contributed by atoms with E-state index in [1.54, 1.807) is 0 Å². The molecule has 0 spiro atoms. The fourth-order valence-electron chi connectivity index (χ4n) is 0.553. The lowest BCUT2D eigenvalue weighted by Crippen LogP contribution is -2.64. The molecule has 0 aromatic carbocycles. The Bertz CT molecular complexity index is 260. The normalized spacial score (nSPS) is 19.1. The van der Waals surface area contributed by atoms with Crippen LogP contribution in [-0.2, 0) is 0 Å². The molecule has 0 aromatic heterocycles. The minimum Gasteiger partial charge on any atom is -0.217 e.